The van der Waals surface area contributed by atoms with Crippen LogP contribution in [0.4, 0.5) is 0 Å². The average Bonchev–Trinajstić information content (AvgIpc) is 2.30. The van der Waals surface area contributed by atoms with Gasteiger partial charge in [-0.2, -0.15) is 0 Å². The van der Waals surface area contributed by atoms with Gasteiger partial charge in [0.1, 0.15) is 0 Å². The number of amides is 1. The van der Waals surface area contributed by atoms with Crippen LogP contribution in [0.2, 0.25) is 5.02 Å². The first kappa shape index (κ1) is 17.5. The normalized spacial score (nSPS) is 12.8. The minimum atomic E-state index is -0.0769. The number of hydrogen-bond donors (Lipinski definition) is 1. The maximum atomic E-state index is 12.3. The SMILES string of the molecule is CC(C)CC(CN(C)C)NC(=O)c1ccc(Br)c(Cl)c1. The van der Waals surface area contributed by atoms with Crippen molar-refractivity contribution in [1.29, 1.82) is 0 Å². The van der Waals surface area contributed by atoms with Gasteiger partial charge in [-0.05, 0) is 60.6 Å². The summed E-state index contributed by atoms with van der Waals surface area (Å²) in [5, 5.41) is 3.64. The van der Waals surface area contributed by atoms with Crippen molar-refractivity contribution in [3.05, 3.63) is 33.3 Å². The van der Waals surface area contributed by atoms with Crippen LogP contribution in [0.1, 0.15) is 30.6 Å². The average molecular weight is 362 g/mol. The Hall–Kier alpha value is -0.580. The van der Waals surface area contributed by atoms with Crippen molar-refractivity contribution >= 4 is 33.4 Å². The van der Waals surface area contributed by atoms with Gasteiger partial charge in [0.15, 0.2) is 0 Å². The van der Waals surface area contributed by atoms with Crippen molar-refractivity contribution in [1.82, 2.24) is 10.2 Å². The Morgan fingerprint density at radius 3 is 2.55 bits per heavy atom. The maximum Gasteiger partial charge on any atom is 0.251 e. The molecule has 1 N–H and O–H groups in total. The molecule has 0 aliphatic rings. The molecule has 0 spiro atoms. The molecule has 3 nitrogen and oxygen atoms in total. The number of carbonyl (C=O) groups is 1. The Morgan fingerprint density at radius 2 is 2.05 bits per heavy atom. The molecule has 0 fully saturated rings. The van der Waals surface area contributed by atoms with E-state index in [1.54, 1.807) is 18.2 Å². The zero-order valence-corrected chi connectivity index (χ0v) is 14.8. The highest BCUT2D eigenvalue weighted by atomic mass is 79.9. The largest absolute Gasteiger partial charge is 0.348 e. The fourth-order valence-electron chi connectivity index (χ4n) is 2.10. The van der Waals surface area contributed by atoms with E-state index in [-0.39, 0.29) is 11.9 Å². The van der Waals surface area contributed by atoms with Crippen molar-refractivity contribution in [3.8, 4) is 0 Å². The highest BCUT2D eigenvalue weighted by Gasteiger charge is 2.16. The molecule has 0 aliphatic heterocycles. The van der Waals surface area contributed by atoms with E-state index in [0.29, 0.717) is 16.5 Å². The molecule has 0 bridgehead atoms. The molecule has 112 valence electrons. The molecule has 0 heterocycles. The molecule has 1 aromatic carbocycles. The number of nitrogens with zero attached hydrogens (tertiary/aromatic N) is 1. The lowest BCUT2D eigenvalue weighted by atomic mass is 10.0. The van der Waals surface area contributed by atoms with E-state index in [0.717, 1.165) is 17.4 Å². The van der Waals surface area contributed by atoms with Crippen LogP contribution in [0.3, 0.4) is 0 Å². The van der Waals surface area contributed by atoms with Crippen LogP contribution in [0, 0.1) is 5.92 Å². The zero-order chi connectivity index (χ0) is 15.3. The lowest BCUT2D eigenvalue weighted by Gasteiger charge is -2.24. The Morgan fingerprint density at radius 1 is 1.40 bits per heavy atom. The molecular formula is C15H22BrClN2O. The van der Waals surface area contributed by atoms with Crippen molar-refractivity contribution < 1.29 is 4.79 Å². The highest BCUT2D eigenvalue weighted by Crippen LogP contribution is 2.23. The van der Waals surface area contributed by atoms with Crippen molar-refractivity contribution in [3.63, 3.8) is 0 Å². The van der Waals surface area contributed by atoms with Gasteiger partial charge in [-0.3, -0.25) is 4.79 Å². The maximum absolute atomic E-state index is 12.3. The number of carbonyl (C=O) groups excluding carboxylic acids is 1. The van der Waals surface area contributed by atoms with E-state index in [1.165, 1.54) is 0 Å². The smallest absolute Gasteiger partial charge is 0.251 e. The standard InChI is InChI=1S/C15H22BrClN2O/c1-10(2)7-12(9-19(3)4)18-15(20)11-5-6-13(16)14(17)8-11/h5-6,8,10,12H,7,9H2,1-4H3,(H,18,20). The number of rotatable bonds is 6. The van der Waals surface area contributed by atoms with Crippen molar-refractivity contribution in [2.24, 2.45) is 5.92 Å². The predicted octanol–water partition coefficient (Wildman–Crippen LogP) is 3.81. The van der Waals surface area contributed by atoms with E-state index < -0.39 is 0 Å². The summed E-state index contributed by atoms with van der Waals surface area (Å²) < 4.78 is 0.794. The number of hydrogen-bond acceptors (Lipinski definition) is 2. The second kappa shape index (κ2) is 8.01. The molecule has 1 amide bonds. The Labute approximate surface area is 134 Å². The molecule has 1 atom stereocenters. The first-order chi connectivity index (χ1) is 9.29. The quantitative estimate of drug-likeness (QED) is 0.835. The van der Waals surface area contributed by atoms with E-state index in [1.807, 2.05) is 14.1 Å². The number of benzene rings is 1. The van der Waals surface area contributed by atoms with Crippen molar-refractivity contribution in [2.45, 2.75) is 26.3 Å². The van der Waals surface area contributed by atoms with Gasteiger partial charge in [0.2, 0.25) is 0 Å². The molecule has 5 heteroatoms. The summed E-state index contributed by atoms with van der Waals surface area (Å²) in [6.45, 7) is 5.14. The molecule has 0 radical (unpaired) electrons. The number of nitrogens with one attached hydrogen (secondary N) is 1. The summed E-state index contributed by atoms with van der Waals surface area (Å²) in [6, 6.07) is 5.39. The topological polar surface area (TPSA) is 32.3 Å². The molecule has 0 saturated carbocycles. The van der Waals surface area contributed by atoms with Gasteiger partial charge < -0.3 is 10.2 Å². The second-order valence-electron chi connectivity index (χ2n) is 5.69. The van der Waals surface area contributed by atoms with Crippen LogP contribution in [0.25, 0.3) is 0 Å². The van der Waals surface area contributed by atoms with E-state index in [4.69, 9.17) is 11.6 Å². The van der Waals surface area contributed by atoms with E-state index in [2.05, 4.69) is 40.0 Å². The molecule has 20 heavy (non-hydrogen) atoms. The summed E-state index contributed by atoms with van der Waals surface area (Å²) in [5.41, 5.74) is 0.589. The van der Waals surface area contributed by atoms with Crippen LogP contribution < -0.4 is 5.32 Å². The second-order valence-corrected chi connectivity index (χ2v) is 6.95. The van der Waals surface area contributed by atoms with Crippen LogP contribution in [-0.4, -0.2) is 37.5 Å². The Balaban J connectivity index is 2.76. The summed E-state index contributed by atoms with van der Waals surface area (Å²) in [4.78, 5) is 14.4. The molecular weight excluding hydrogens is 340 g/mol. The van der Waals surface area contributed by atoms with E-state index >= 15 is 0 Å². The summed E-state index contributed by atoms with van der Waals surface area (Å²) in [7, 11) is 4.02. The molecule has 0 saturated heterocycles. The fourth-order valence-corrected chi connectivity index (χ4v) is 2.52. The molecule has 1 unspecified atom stereocenters. The lowest BCUT2D eigenvalue weighted by molar-refractivity contribution is 0.0924. The lowest BCUT2D eigenvalue weighted by Crippen LogP contribution is -2.42. The summed E-state index contributed by atoms with van der Waals surface area (Å²) in [5.74, 6) is 0.459. The third-order valence-electron chi connectivity index (χ3n) is 2.86. The first-order valence-electron chi connectivity index (χ1n) is 6.70. The minimum Gasteiger partial charge on any atom is -0.348 e. The van der Waals surface area contributed by atoms with Crippen LogP contribution >= 0.6 is 27.5 Å². The van der Waals surface area contributed by atoms with Crippen LogP contribution in [0.15, 0.2) is 22.7 Å². The van der Waals surface area contributed by atoms with Crippen LogP contribution in [-0.2, 0) is 0 Å². The van der Waals surface area contributed by atoms with Gasteiger partial charge in [-0.1, -0.05) is 25.4 Å². The van der Waals surface area contributed by atoms with Gasteiger partial charge in [0.25, 0.3) is 5.91 Å². The van der Waals surface area contributed by atoms with Gasteiger partial charge in [-0.15, -0.1) is 0 Å². The highest BCUT2D eigenvalue weighted by molar-refractivity contribution is 9.10. The van der Waals surface area contributed by atoms with Crippen LogP contribution in [0.5, 0.6) is 0 Å². The fraction of sp³-hybridized carbons (Fsp3) is 0.533. The Kier molecular flexibility index (Phi) is 7.00. The predicted molar refractivity (Wildman–Crippen MR) is 88.4 cm³/mol. The number of likely N-dealkylation sites (N-methyl/N-ethyl adjacent to an activating group) is 1. The number of halogens is 2. The third-order valence-corrected chi connectivity index (χ3v) is 4.09. The molecule has 1 aromatic rings. The zero-order valence-electron chi connectivity index (χ0n) is 12.4. The Bertz CT molecular complexity index is 453. The van der Waals surface area contributed by atoms with Gasteiger partial charge in [0, 0.05) is 22.6 Å². The molecule has 0 aromatic heterocycles. The first-order valence-corrected chi connectivity index (χ1v) is 7.87. The van der Waals surface area contributed by atoms with Gasteiger partial charge >= 0.3 is 0 Å². The minimum absolute atomic E-state index is 0.0769. The van der Waals surface area contributed by atoms with Gasteiger partial charge in [-0.25, -0.2) is 0 Å². The monoisotopic (exact) mass is 360 g/mol. The molecule has 1 rings (SSSR count). The van der Waals surface area contributed by atoms with Gasteiger partial charge in [0.05, 0.1) is 5.02 Å². The summed E-state index contributed by atoms with van der Waals surface area (Å²) in [6.07, 6.45) is 0.953. The molecule has 0 aliphatic carbocycles. The van der Waals surface area contributed by atoms with Crippen molar-refractivity contribution in [2.75, 3.05) is 20.6 Å². The third kappa shape index (κ3) is 5.81. The van der Waals surface area contributed by atoms with E-state index in [9.17, 15) is 4.79 Å². The summed E-state index contributed by atoms with van der Waals surface area (Å²) >= 11 is 9.35.